The van der Waals surface area contributed by atoms with Gasteiger partial charge in [0.2, 0.25) is 0 Å². The summed E-state index contributed by atoms with van der Waals surface area (Å²) in [5, 5.41) is 0. The number of imidazole rings is 1. The Hall–Kier alpha value is -4.04. The maximum absolute atomic E-state index is 12.8. The summed E-state index contributed by atoms with van der Waals surface area (Å²) < 4.78 is 1.92. The van der Waals surface area contributed by atoms with Crippen molar-refractivity contribution in [3.63, 3.8) is 0 Å². The minimum Gasteiger partial charge on any atom is -0.306 e. The van der Waals surface area contributed by atoms with Crippen molar-refractivity contribution in [2.24, 2.45) is 0 Å². The van der Waals surface area contributed by atoms with Crippen LogP contribution in [0.3, 0.4) is 0 Å². The zero-order valence-corrected chi connectivity index (χ0v) is 15.9. The van der Waals surface area contributed by atoms with Crippen molar-refractivity contribution >= 4 is 5.78 Å². The van der Waals surface area contributed by atoms with Crippen molar-refractivity contribution in [1.82, 2.24) is 19.5 Å². The average Bonchev–Trinajstić information content (AvgIpc) is 3.29. The lowest BCUT2D eigenvalue weighted by molar-refractivity contribution is 0.0993. The number of hydrogen-bond acceptors (Lipinski definition) is 4. The van der Waals surface area contributed by atoms with Gasteiger partial charge in [-0.3, -0.25) is 4.79 Å². The first-order valence-electron chi connectivity index (χ1n) is 9.18. The van der Waals surface area contributed by atoms with Gasteiger partial charge in [0.15, 0.2) is 5.78 Å². The molecule has 0 aliphatic carbocycles. The first-order valence-corrected chi connectivity index (χ1v) is 9.18. The Labute approximate surface area is 169 Å². The molecule has 0 aliphatic heterocycles. The minimum absolute atomic E-state index is 0.0515. The number of nitrogens with zero attached hydrogens (tertiary/aromatic N) is 4. The molecule has 0 radical (unpaired) electrons. The smallest absolute Gasteiger partial charge is 0.167 e. The zero-order chi connectivity index (χ0) is 20.1. The van der Waals surface area contributed by atoms with Gasteiger partial charge in [-0.05, 0) is 36.8 Å². The summed E-state index contributed by atoms with van der Waals surface area (Å²) in [6.07, 6.45) is 8.86. The fourth-order valence-corrected chi connectivity index (χ4v) is 2.95. The Balaban J connectivity index is 1.53. The van der Waals surface area contributed by atoms with Crippen molar-refractivity contribution in [2.75, 3.05) is 0 Å². The number of benzene rings is 2. The maximum atomic E-state index is 12.8. The molecule has 0 saturated carbocycles. The van der Waals surface area contributed by atoms with E-state index in [1.165, 1.54) is 6.33 Å². The molecular weight excluding hydrogens is 360 g/mol. The molecule has 2 aromatic carbocycles. The van der Waals surface area contributed by atoms with Crippen LogP contribution in [0.5, 0.6) is 0 Å². The van der Waals surface area contributed by atoms with Crippen molar-refractivity contribution in [2.45, 2.75) is 13.3 Å². The number of carbonyl (C=O) groups is 1. The first kappa shape index (κ1) is 18.3. The molecule has 140 valence electrons. The fourth-order valence-electron chi connectivity index (χ4n) is 2.95. The second-order valence-corrected chi connectivity index (χ2v) is 6.59. The monoisotopic (exact) mass is 378 g/mol. The van der Waals surface area contributed by atoms with Gasteiger partial charge in [0.25, 0.3) is 0 Å². The molecule has 4 rings (SSSR count). The van der Waals surface area contributed by atoms with E-state index in [1.807, 2.05) is 66.2 Å². The molecule has 5 nitrogen and oxygen atoms in total. The van der Waals surface area contributed by atoms with Crippen molar-refractivity contribution < 1.29 is 4.79 Å². The summed E-state index contributed by atoms with van der Waals surface area (Å²) in [4.78, 5) is 25.0. The summed E-state index contributed by atoms with van der Waals surface area (Å²) in [6.45, 7) is 1.89. The Morgan fingerprint density at radius 1 is 1.07 bits per heavy atom. The first-order chi connectivity index (χ1) is 14.2. The summed E-state index contributed by atoms with van der Waals surface area (Å²) in [5.41, 5.74) is 4.97. The molecule has 0 saturated heterocycles. The number of aryl methyl sites for hydroxylation is 1. The molecular formula is C24H18N4O. The van der Waals surface area contributed by atoms with Crippen molar-refractivity contribution in [3.8, 4) is 17.5 Å². The van der Waals surface area contributed by atoms with E-state index in [-0.39, 0.29) is 5.78 Å². The molecule has 0 spiro atoms. The topological polar surface area (TPSA) is 60.7 Å². The molecule has 0 aliphatic rings. The summed E-state index contributed by atoms with van der Waals surface area (Å²) >= 11 is 0. The lowest BCUT2D eigenvalue weighted by Crippen LogP contribution is -2.04. The third-order valence-corrected chi connectivity index (χ3v) is 4.52. The second-order valence-electron chi connectivity index (χ2n) is 6.59. The molecule has 0 bridgehead atoms. The van der Waals surface area contributed by atoms with Crippen molar-refractivity contribution in [3.05, 3.63) is 108 Å². The van der Waals surface area contributed by atoms with Crippen LogP contribution in [0.1, 0.15) is 32.7 Å². The Morgan fingerprint density at radius 3 is 2.79 bits per heavy atom. The van der Waals surface area contributed by atoms with Gasteiger partial charge in [-0.15, -0.1) is 0 Å². The molecule has 0 N–H and O–H groups in total. The Morgan fingerprint density at radius 2 is 1.97 bits per heavy atom. The zero-order valence-electron chi connectivity index (χ0n) is 15.9. The standard InChI is InChI=1S/C24H18N4O/c1-18-22(15-26-16-27-18)9-8-19-4-2-6-21(12-19)24(29)14-20-5-3-7-23(13-20)28-11-10-25-17-28/h2-7,10-13,15-17H,14H2,1H3. The van der Waals surface area contributed by atoms with Crippen LogP contribution >= 0.6 is 0 Å². The van der Waals surface area contributed by atoms with E-state index in [2.05, 4.69) is 26.8 Å². The third-order valence-electron chi connectivity index (χ3n) is 4.52. The van der Waals surface area contributed by atoms with Gasteiger partial charge in [-0.2, -0.15) is 0 Å². The van der Waals surface area contributed by atoms with E-state index in [1.54, 1.807) is 18.7 Å². The molecule has 29 heavy (non-hydrogen) atoms. The highest BCUT2D eigenvalue weighted by molar-refractivity contribution is 5.97. The van der Waals surface area contributed by atoms with Crippen LogP contribution in [0.25, 0.3) is 5.69 Å². The van der Waals surface area contributed by atoms with Gasteiger partial charge in [0.1, 0.15) is 6.33 Å². The predicted octanol–water partition coefficient (Wildman–Crippen LogP) is 3.80. The van der Waals surface area contributed by atoms with Gasteiger partial charge in [-0.1, -0.05) is 36.1 Å². The number of rotatable bonds is 4. The molecule has 2 aromatic heterocycles. The normalized spacial score (nSPS) is 10.2. The number of carbonyl (C=O) groups excluding carboxylic acids is 1. The lowest BCUT2D eigenvalue weighted by atomic mass is 10.0. The second kappa shape index (κ2) is 8.32. The Kier molecular flexibility index (Phi) is 5.26. The largest absolute Gasteiger partial charge is 0.306 e. The molecule has 0 unspecified atom stereocenters. The maximum Gasteiger partial charge on any atom is 0.167 e. The van der Waals surface area contributed by atoms with Gasteiger partial charge in [0, 0.05) is 41.8 Å². The van der Waals surface area contributed by atoms with E-state index in [0.29, 0.717) is 12.0 Å². The molecule has 0 fully saturated rings. The molecule has 0 amide bonds. The van der Waals surface area contributed by atoms with Crippen molar-refractivity contribution in [1.29, 1.82) is 0 Å². The van der Waals surface area contributed by atoms with Crippen LogP contribution in [0.2, 0.25) is 0 Å². The van der Waals surface area contributed by atoms with E-state index >= 15 is 0 Å². The molecule has 0 atom stereocenters. The van der Waals surface area contributed by atoms with E-state index < -0.39 is 0 Å². The van der Waals surface area contributed by atoms with Crippen LogP contribution in [-0.2, 0) is 6.42 Å². The lowest BCUT2D eigenvalue weighted by Gasteiger charge is -2.06. The molecule has 2 heterocycles. The minimum atomic E-state index is 0.0515. The van der Waals surface area contributed by atoms with Crippen LogP contribution in [0, 0.1) is 18.8 Å². The fraction of sp³-hybridized carbons (Fsp3) is 0.0833. The van der Waals surface area contributed by atoms with Gasteiger partial charge >= 0.3 is 0 Å². The van der Waals surface area contributed by atoms with E-state index in [9.17, 15) is 4.79 Å². The summed E-state index contributed by atoms with van der Waals surface area (Å²) in [6, 6.07) is 15.3. The number of hydrogen-bond donors (Lipinski definition) is 0. The van der Waals surface area contributed by atoms with Crippen LogP contribution in [0.4, 0.5) is 0 Å². The number of Topliss-reactive ketones (excluding diaryl/α,β-unsaturated/α-hetero) is 1. The van der Waals surface area contributed by atoms with Gasteiger partial charge in [0.05, 0.1) is 17.6 Å². The average molecular weight is 378 g/mol. The predicted molar refractivity (Wildman–Crippen MR) is 111 cm³/mol. The highest BCUT2D eigenvalue weighted by Gasteiger charge is 2.08. The highest BCUT2D eigenvalue weighted by Crippen LogP contribution is 2.14. The van der Waals surface area contributed by atoms with Crippen LogP contribution < -0.4 is 0 Å². The quantitative estimate of drug-likeness (QED) is 0.400. The number of aromatic nitrogens is 4. The SMILES string of the molecule is Cc1ncncc1C#Cc1cccc(C(=O)Cc2cccc(-n3ccnc3)c2)c1. The summed E-state index contributed by atoms with van der Waals surface area (Å²) in [7, 11) is 0. The van der Waals surface area contributed by atoms with Gasteiger partial charge in [-0.25, -0.2) is 15.0 Å². The van der Waals surface area contributed by atoms with E-state index in [0.717, 1.165) is 28.1 Å². The van der Waals surface area contributed by atoms with Crippen LogP contribution in [-0.4, -0.2) is 25.3 Å². The highest BCUT2D eigenvalue weighted by atomic mass is 16.1. The third kappa shape index (κ3) is 4.45. The molecule has 4 aromatic rings. The van der Waals surface area contributed by atoms with Crippen LogP contribution in [0.15, 0.2) is 79.8 Å². The van der Waals surface area contributed by atoms with Gasteiger partial charge < -0.3 is 4.57 Å². The van der Waals surface area contributed by atoms with E-state index in [4.69, 9.17) is 0 Å². The summed E-state index contributed by atoms with van der Waals surface area (Å²) in [5.74, 6) is 6.22. The number of ketones is 1. The Bertz CT molecular complexity index is 1220. The molecule has 5 heteroatoms.